The molecule has 27 heavy (non-hydrogen) atoms. The highest BCUT2D eigenvalue weighted by molar-refractivity contribution is 6.23. The van der Waals surface area contributed by atoms with Gasteiger partial charge in [-0.3, -0.25) is 4.79 Å². The molecule has 0 saturated carbocycles. The molecular weight excluding hydrogens is 336 g/mol. The topological polar surface area (TPSA) is 43.4 Å². The Kier molecular flexibility index (Phi) is 5.13. The van der Waals surface area contributed by atoms with Crippen molar-refractivity contribution < 1.29 is 14.3 Å². The van der Waals surface area contributed by atoms with Crippen molar-refractivity contribution in [3.63, 3.8) is 0 Å². The maximum atomic E-state index is 13.4. The summed E-state index contributed by atoms with van der Waals surface area (Å²) in [6.07, 6.45) is 6.55. The summed E-state index contributed by atoms with van der Waals surface area (Å²) in [4.78, 5) is 25.7. The Morgan fingerprint density at radius 3 is 2.19 bits per heavy atom. The molecule has 1 aliphatic rings. The van der Waals surface area contributed by atoms with Crippen LogP contribution in [0.5, 0.6) is 0 Å². The van der Waals surface area contributed by atoms with Crippen molar-refractivity contribution in [2.45, 2.75) is 25.7 Å². The number of ketones is 1. The molecule has 0 amide bonds. The molecule has 0 aliphatic heterocycles. The first-order chi connectivity index (χ1) is 13.0. The van der Waals surface area contributed by atoms with Crippen molar-refractivity contribution >= 4 is 17.8 Å². The molecule has 0 spiro atoms. The van der Waals surface area contributed by atoms with E-state index in [0.29, 0.717) is 6.42 Å². The average molecular weight is 360 g/mol. The van der Waals surface area contributed by atoms with Crippen molar-refractivity contribution in [1.82, 2.24) is 0 Å². The third-order valence-corrected chi connectivity index (χ3v) is 5.75. The first-order valence-electron chi connectivity index (χ1n) is 9.14. The number of methoxy groups -OCH3 is 1. The second-order valence-corrected chi connectivity index (χ2v) is 7.01. The lowest BCUT2D eigenvalue weighted by molar-refractivity contribution is -0.138. The molecule has 2 aromatic rings. The van der Waals surface area contributed by atoms with E-state index in [1.54, 1.807) is 6.08 Å². The molecule has 2 aromatic carbocycles. The van der Waals surface area contributed by atoms with Crippen molar-refractivity contribution in [2.24, 2.45) is 5.41 Å². The molecule has 1 aliphatic carbocycles. The molecule has 0 bridgehead atoms. The molecule has 0 saturated heterocycles. The highest BCUT2D eigenvalue weighted by Crippen LogP contribution is 2.54. The molecular formula is C24H24O3. The average Bonchev–Trinajstić information content (AvgIpc) is 2.96. The van der Waals surface area contributed by atoms with Gasteiger partial charge in [-0.2, -0.15) is 0 Å². The van der Waals surface area contributed by atoms with E-state index in [9.17, 15) is 9.59 Å². The zero-order valence-corrected chi connectivity index (χ0v) is 15.9. The third-order valence-electron chi connectivity index (χ3n) is 5.75. The normalized spacial score (nSPS) is 24.9. The zero-order valence-electron chi connectivity index (χ0n) is 15.9. The lowest BCUT2D eigenvalue weighted by Gasteiger charge is -2.40. The highest BCUT2D eigenvalue weighted by Gasteiger charge is 2.57. The van der Waals surface area contributed by atoms with E-state index in [1.165, 1.54) is 7.11 Å². The predicted octanol–water partition coefficient (Wildman–Crippen LogP) is 4.74. The van der Waals surface area contributed by atoms with Crippen LogP contribution >= 0.6 is 0 Å². The quantitative estimate of drug-likeness (QED) is 0.571. The fourth-order valence-electron chi connectivity index (χ4n) is 3.98. The maximum absolute atomic E-state index is 13.4. The van der Waals surface area contributed by atoms with Gasteiger partial charge in [0.05, 0.1) is 12.5 Å². The number of Topliss-reactive ketones (excluding diaryl/α,β-unsaturated/α-hetero) is 1. The Hall–Kier alpha value is -2.94. The van der Waals surface area contributed by atoms with Gasteiger partial charge in [-0.1, -0.05) is 85.8 Å². The van der Waals surface area contributed by atoms with Crippen LogP contribution in [0, 0.1) is 5.41 Å². The predicted molar refractivity (Wildman–Crippen MR) is 107 cm³/mol. The van der Waals surface area contributed by atoms with Gasteiger partial charge in [0.2, 0.25) is 0 Å². The molecule has 0 heterocycles. The molecule has 3 heteroatoms. The minimum atomic E-state index is -0.877. The summed E-state index contributed by atoms with van der Waals surface area (Å²) in [5.41, 5.74) is 0.573. The van der Waals surface area contributed by atoms with Crippen LogP contribution in [-0.2, 0) is 19.7 Å². The zero-order chi connectivity index (χ0) is 19.5. The largest absolute Gasteiger partial charge is 0.465 e. The van der Waals surface area contributed by atoms with E-state index in [2.05, 4.69) is 6.08 Å². The van der Waals surface area contributed by atoms with E-state index in [-0.39, 0.29) is 11.4 Å². The summed E-state index contributed by atoms with van der Waals surface area (Å²) in [7, 11) is 1.31. The molecule has 3 rings (SSSR count). The number of allylic oxidation sites excluding steroid dienone is 2. The molecule has 0 N–H and O–H groups in total. The van der Waals surface area contributed by atoms with Gasteiger partial charge in [-0.25, -0.2) is 4.79 Å². The number of carbonyl (C=O) groups excluding carboxylic acids is 2. The van der Waals surface area contributed by atoms with Gasteiger partial charge < -0.3 is 4.74 Å². The SMILES string of the molecule is CC[C@]1(/C=C\c2ccccc2)C=C(C(=O)OC)C(=O)[C@]1(C)c1ccccc1. The number of benzene rings is 2. The second kappa shape index (κ2) is 7.36. The molecule has 0 fully saturated rings. The number of ether oxygens (including phenoxy) is 1. The Labute approximate surface area is 160 Å². The van der Waals surface area contributed by atoms with Gasteiger partial charge in [0.15, 0.2) is 5.78 Å². The Balaban J connectivity index is 2.19. The van der Waals surface area contributed by atoms with Crippen LogP contribution in [0.1, 0.15) is 31.4 Å². The number of hydrogen-bond acceptors (Lipinski definition) is 3. The van der Waals surface area contributed by atoms with Crippen LogP contribution in [0.15, 0.2) is 78.4 Å². The Morgan fingerprint density at radius 2 is 1.63 bits per heavy atom. The van der Waals surface area contributed by atoms with Gasteiger partial charge in [-0.05, 0) is 24.5 Å². The highest BCUT2D eigenvalue weighted by atomic mass is 16.5. The van der Waals surface area contributed by atoms with Crippen LogP contribution in [0.4, 0.5) is 0 Å². The van der Waals surface area contributed by atoms with E-state index < -0.39 is 16.8 Å². The van der Waals surface area contributed by atoms with Crippen LogP contribution in [0.25, 0.3) is 6.08 Å². The maximum Gasteiger partial charge on any atom is 0.341 e. The van der Waals surface area contributed by atoms with Crippen molar-refractivity contribution in [3.05, 3.63) is 89.5 Å². The van der Waals surface area contributed by atoms with Crippen molar-refractivity contribution in [1.29, 1.82) is 0 Å². The smallest absolute Gasteiger partial charge is 0.341 e. The first kappa shape index (κ1) is 18.8. The fraction of sp³-hybridized carbons (Fsp3) is 0.250. The van der Waals surface area contributed by atoms with Crippen LogP contribution in [-0.4, -0.2) is 18.9 Å². The number of carbonyl (C=O) groups is 2. The summed E-state index contributed by atoms with van der Waals surface area (Å²) in [5.74, 6) is -0.772. The minimum absolute atomic E-state index is 0.128. The Bertz CT molecular complexity index is 896. The van der Waals surface area contributed by atoms with Gasteiger partial charge in [-0.15, -0.1) is 0 Å². The molecule has 0 aromatic heterocycles. The van der Waals surface area contributed by atoms with Gasteiger partial charge in [0.1, 0.15) is 5.57 Å². The minimum Gasteiger partial charge on any atom is -0.465 e. The lowest BCUT2D eigenvalue weighted by Crippen LogP contribution is -2.43. The Morgan fingerprint density at radius 1 is 1.04 bits per heavy atom. The van der Waals surface area contributed by atoms with E-state index in [4.69, 9.17) is 4.74 Å². The first-order valence-corrected chi connectivity index (χ1v) is 9.14. The van der Waals surface area contributed by atoms with Gasteiger partial charge in [0, 0.05) is 5.41 Å². The standard InChI is InChI=1S/C24H24O3/c1-4-24(16-15-18-11-7-5-8-12-18)17-20(22(26)27-3)21(25)23(24,2)19-13-9-6-10-14-19/h5-17H,4H2,1-3H3/b16-15-/t23-,24-/m0/s1. The van der Waals surface area contributed by atoms with E-state index in [0.717, 1.165) is 11.1 Å². The van der Waals surface area contributed by atoms with E-state index in [1.807, 2.05) is 80.6 Å². The van der Waals surface area contributed by atoms with Gasteiger partial charge >= 0.3 is 5.97 Å². The molecule has 0 radical (unpaired) electrons. The number of rotatable bonds is 5. The van der Waals surface area contributed by atoms with E-state index >= 15 is 0 Å². The van der Waals surface area contributed by atoms with Crippen LogP contribution in [0.2, 0.25) is 0 Å². The van der Waals surface area contributed by atoms with Crippen LogP contribution in [0.3, 0.4) is 0 Å². The monoisotopic (exact) mass is 360 g/mol. The summed E-state index contributed by atoms with van der Waals surface area (Å²) in [5, 5.41) is 0. The summed E-state index contributed by atoms with van der Waals surface area (Å²) in [6, 6.07) is 19.6. The lowest BCUT2D eigenvalue weighted by atomic mass is 9.60. The second-order valence-electron chi connectivity index (χ2n) is 7.01. The summed E-state index contributed by atoms with van der Waals surface area (Å²) in [6.45, 7) is 3.97. The van der Waals surface area contributed by atoms with Crippen molar-refractivity contribution in [2.75, 3.05) is 7.11 Å². The molecule has 0 unspecified atom stereocenters. The summed E-state index contributed by atoms with van der Waals surface area (Å²) >= 11 is 0. The molecule has 3 nitrogen and oxygen atoms in total. The van der Waals surface area contributed by atoms with Gasteiger partial charge in [0.25, 0.3) is 0 Å². The van der Waals surface area contributed by atoms with Crippen LogP contribution < -0.4 is 0 Å². The fourth-order valence-corrected chi connectivity index (χ4v) is 3.98. The molecule has 2 atom stereocenters. The molecule has 138 valence electrons. The number of esters is 1. The number of hydrogen-bond donors (Lipinski definition) is 0. The third kappa shape index (κ3) is 3.03. The van der Waals surface area contributed by atoms with Crippen molar-refractivity contribution in [3.8, 4) is 0 Å². The summed E-state index contributed by atoms with van der Waals surface area (Å²) < 4.78 is 4.88.